The van der Waals surface area contributed by atoms with E-state index in [1.54, 1.807) is 22.9 Å². The molecule has 6 aromatic rings. The van der Waals surface area contributed by atoms with Crippen molar-refractivity contribution in [2.45, 2.75) is 74.0 Å². The number of amides is 1. The standard InChI is InChI=1S/C23H21Cl2N3O3S.C23H19Cl2N3O2S.3CH4/c1-23(2,16-9-14(11-26)21(18(25)10-16)30-8-7-24)15-3-5-17(6-4-15)31-12-20-28-19(13-32-20)22(27)29;1-23(2,17-10-15(12-26)22(19(25)11-17)29-9-8-24)16-4-6-18(7-5-16)30-13-21-28-20(27-3)14-31-21;;;/h3-6,9-10,13H,7-8,12H2,1-2H3,(H2,27,29);4-7,10-11,14H,8-9,13H2,1-2H3;3*1H4. The summed E-state index contributed by atoms with van der Waals surface area (Å²) in [5.74, 6) is 2.52. The van der Waals surface area contributed by atoms with Crippen LogP contribution in [0.1, 0.15) is 104 Å². The number of aromatic nitrogens is 2. The predicted molar refractivity (Wildman–Crippen MR) is 270 cm³/mol. The van der Waals surface area contributed by atoms with Crippen molar-refractivity contribution in [1.82, 2.24) is 9.97 Å². The molecule has 0 aliphatic carbocycles. The van der Waals surface area contributed by atoms with Crippen molar-refractivity contribution in [3.63, 3.8) is 0 Å². The Labute approximate surface area is 416 Å². The van der Waals surface area contributed by atoms with E-state index in [4.69, 9.17) is 77.7 Å². The van der Waals surface area contributed by atoms with E-state index in [9.17, 15) is 15.3 Å². The molecule has 0 aliphatic heterocycles. The largest absolute Gasteiger partial charge is 0.489 e. The number of nitrogens with two attached hydrogens (primary N) is 1. The van der Waals surface area contributed by atoms with Gasteiger partial charge in [-0.2, -0.15) is 10.5 Å². The minimum Gasteiger partial charge on any atom is -0.489 e. The number of carbonyl (C=O) groups is 1. The number of nitriles is 2. The highest BCUT2D eigenvalue weighted by atomic mass is 35.5. The van der Waals surface area contributed by atoms with E-state index >= 15 is 0 Å². The van der Waals surface area contributed by atoms with Gasteiger partial charge in [-0.1, -0.05) is 104 Å². The zero-order valence-corrected chi connectivity index (χ0v) is 39.2. The summed E-state index contributed by atoms with van der Waals surface area (Å²) in [6.45, 7) is 16.3. The summed E-state index contributed by atoms with van der Waals surface area (Å²) in [4.78, 5) is 22.8. The van der Waals surface area contributed by atoms with Gasteiger partial charge < -0.3 is 29.5 Å². The van der Waals surface area contributed by atoms with Crippen LogP contribution in [0.25, 0.3) is 4.85 Å². The van der Waals surface area contributed by atoms with Gasteiger partial charge in [0.05, 0.1) is 32.9 Å². The van der Waals surface area contributed by atoms with E-state index in [2.05, 4.69) is 54.6 Å². The van der Waals surface area contributed by atoms with Crippen LogP contribution in [-0.4, -0.2) is 40.8 Å². The Morgan fingerprint density at radius 3 is 1.44 bits per heavy atom. The van der Waals surface area contributed by atoms with E-state index in [0.29, 0.717) is 73.4 Å². The maximum Gasteiger partial charge on any atom is 0.280 e. The van der Waals surface area contributed by atoms with Crippen LogP contribution in [0.5, 0.6) is 23.0 Å². The third-order valence-corrected chi connectivity index (χ3v) is 12.3. The second-order valence-corrected chi connectivity index (χ2v) is 18.0. The topological polar surface area (TPSA) is 158 Å². The first kappa shape index (κ1) is 56.6. The Hall–Kier alpha value is -5.56. The number of nitrogens with zero attached hydrogens (tertiary/aromatic N) is 5. The van der Waals surface area contributed by atoms with Crippen LogP contribution in [0.15, 0.2) is 83.6 Å². The third kappa shape index (κ3) is 14.2. The minimum absolute atomic E-state index is 0. The van der Waals surface area contributed by atoms with Crippen LogP contribution >= 0.6 is 69.1 Å². The molecule has 0 saturated carbocycles. The summed E-state index contributed by atoms with van der Waals surface area (Å²) >= 11 is 26.9. The Balaban J connectivity index is 0.000000434. The number of alkyl halides is 2. The summed E-state index contributed by atoms with van der Waals surface area (Å²) in [5.41, 5.74) is 9.21. The van der Waals surface area contributed by atoms with Gasteiger partial charge in [-0.3, -0.25) is 4.79 Å². The van der Waals surface area contributed by atoms with Gasteiger partial charge in [0.15, 0.2) is 18.1 Å². The number of ether oxygens (including phenoxy) is 4. The van der Waals surface area contributed by atoms with Gasteiger partial charge in [-0.25, -0.2) is 4.98 Å². The third-order valence-electron chi connectivity index (χ3n) is 9.75. The molecular weight excluding hydrogens is 959 g/mol. The SMILES string of the molecule is C.C.C.CC(C)(c1ccc(OCc2nc(C(N)=O)cs2)cc1)c1cc(Cl)c(OCCCl)c(C#N)c1.[C-]#[N+]c1csc(COc2ccc(C(C)(C)c3cc(Cl)c(OCCCl)c(C#N)c3)cc2)n1. The molecule has 2 heterocycles. The molecule has 0 aliphatic rings. The highest BCUT2D eigenvalue weighted by Crippen LogP contribution is 2.40. The van der Waals surface area contributed by atoms with Crippen molar-refractivity contribution in [3.05, 3.63) is 154 Å². The van der Waals surface area contributed by atoms with E-state index in [1.165, 1.54) is 22.7 Å². The maximum absolute atomic E-state index is 11.2. The molecule has 0 fully saturated rings. The lowest BCUT2D eigenvalue weighted by Crippen LogP contribution is -2.19. The van der Waals surface area contributed by atoms with Crippen molar-refractivity contribution in [1.29, 1.82) is 10.5 Å². The van der Waals surface area contributed by atoms with Crippen molar-refractivity contribution in [2.24, 2.45) is 5.73 Å². The molecule has 0 unspecified atom stereocenters. The molecular formula is C49H52Cl4N6O5S2. The number of hydrogen-bond donors (Lipinski definition) is 1. The maximum atomic E-state index is 11.2. The molecule has 348 valence electrons. The van der Waals surface area contributed by atoms with Gasteiger partial charge in [0.1, 0.15) is 54.2 Å². The summed E-state index contributed by atoms with van der Waals surface area (Å²) in [5, 5.41) is 24.6. The number of primary amides is 1. The van der Waals surface area contributed by atoms with E-state index in [-0.39, 0.29) is 47.8 Å². The van der Waals surface area contributed by atoms with Crippen LogP contribution in [0.3, 0.4) is 0 Å². The second-order valence-electron chi connectivity index (χ2n) is 14.5. The predicted octanol–water partition coefficient (Wildman–Crippen LogP) is 13.9. The average Bonchev–Trinajstić information content (AvgIpc) is 3.97. The van der Waals surface area contributed by atoms with Crippen molar-refractivity contribution in [3.8, 4) is 35.1 Å². The Morgan fingerprint density at radius 1 is 0.682 bits per heavy atom. The molecule has 0 spiro atoms. The molecule has 4 aromatic carbocycles. The van der Waals surface area contributed by atoms with E-state index in [0.717, 1.165) is 27.3 Å². The summed E-state index contributed by atoms with van der Waals surface area (Å²) in [7, 11) is 0. The van der Waals surface area contributed by atoms with Gasteiger partial charge in [-0.15, -0.1) is 50.9 Å². The number of rotatable bonds is 17. The van der Waals surface area contributed by atoms with Crippen LogP contribution in [0, 0.1) is 29.2 Å². The fraction of sp³-hybridized carbons (Fsp3) is 0.306. The monoisotopic (exact) mass is 1010 g/mol. The molecule has 2 N–H and O–H groups in total. The second kappa shape index (κ2) is 26.0. The van der Waals surface area contributed by atoms with Crippen LogP contribution < -0.4 is 24.7 Å². The summed E-state index contributed by atoms with van der Waals surface area (Å²) < 4.78 is 22.6. The molecule has 0 saturated heterocycles. The molecule has 0 atom stereocenters. The molecule has 2 aromatic heterocycles. The van der Waals surface area contributed by atoms with Gasteiger partial charge >= 0.3 is 0 Å². The number of thiazole rings is 2. The van der Waals surface area contributed by atoms with Gasteiger partial charge in [0.2, 0.25) is 5.01 Å². The van der Waals surface area contributed by atoms with Crippen molar-refractivity contribution >= 4 is 80.8 Å². The zero-order valence-electron chi connectivity index (χ0n) is 34.5. The average molecular weight is 1010 g/mol. The van der Waals surface area contributed by atoms with Gasteiger partial charge in [-0.05, 0) is 70.8 Å². The normalized spacial score (nSPS) is 10.5. The van der Waals surface area contributed by atoms with Crippen molar-refractivity contribution in [2.75, 3.05) is 25.0 Å². The Bertz CT molecular complexity index is 2670. The van der Waals surface area contributed by atoms with Crippen LogP contribution in [-0.2, 0) is 24.0 Å². The first-order valence-corrected chi connectivity index (χ1v) is 22.6. The lowest BCUT2D eigenvalue weighted by Gasteiger charge is -2.27. The van der Waals surface area contributed by atoms with Gasteiger partial charge in [0.25, 0.3) is 11.7 Å². The molecule has 1 amide bonds. The molecule has 6 rings (SSSR count). The number of carbonyl (C=O) groups excluding carboxylic acids is 1. The molecule has 0 bridgehead atoms. The highest BCUT2D eigenvalue weighted by Gasteiger charge is 2.28. The fourth-order valence-electron chi connectivity index (χ4n) is 6.12. The van der Waals surface area contributed by atoms with Gasteiger partial charge in [0, 0.05) is 21.6 Å². The zero-order chi connectivity index (χ0) is 45.7. The molecule has 0 radical (unpaired) electrons. The summed E-state index contributed by atoms with van der Waals surface area (Å²) in [6, 6.07) is 27.0. The first-order valence-electron chi connectivity index (χ1n) is 19.0. The molecule has 11 nitrogen and oxygen atoms in total. The number of hydrogen-bond acceptors (Lipinski definition) is 11. The van der Waals surface area contributed by atoms with E-state index < -0.39 is 16.7 Å². The quantitative estimate of drug-likeness (QED) is 0.0693. The Morgan fingerprint density at radius 2 is 1.09 bits per heavy atom. The van der Waals surface area contributed by atoms with E-state index in [1.807, 2.05) is 60.7 Å². The number of benzene rings is 4. The summed E-state index contributed by atoms with van der Waals surface area (Å²) in [6.07, 6.45) is 0. The lowest BCUT2D eigenvalue weighted by molar-refractivity contribution is 0.0996. The fourth-order valence-corrected chi connectivity index (χ4v) is 8.13. The Kier molecular flexibility index (Phi) is 22.2. The van der Waals surface area contributed by atoms with Crippen LogP contribution in [0.2, 0.25) is 10.0 Å². The smallest absolute Gasteiger partial charge is 0.280 e. The lowest BCUT2D eigenvalue weighted by atomic mass is 9.77. The molecule has 66 heavy (non-hydrogen) atoms. The van der Waals surface area contributed by atoms with Crippen molar-refractivity contribution < 1.29 is 23.7 Å². The number of halogens is 4. The first-order chi connectivity index (χ1) is 30.1. The minimum atomic E-state index is -0.558. The highest BCUT2D eigenvalue weighted by molar-refractivity contribution is 7.10. The molecule has 17 heteroatoms. The van der Waals surface area contributed by atoms with Crippen LogP contribution in [0.4, 0.5) is 5.82 Å².